The van der Waals surface area contributed by atoms with Crippen molar-refractivity contribution >= 4 is 29.2 Å². The van der Waals surface area contributed by atoms with Crippen LogP contribution in [-0.4, -0.2) is 11.1 Å². The van der Waals surface area contributed by atoms with Crippen LogP contribution in [0, 0.1) is 23.7 Å². The summed E-state index contributed by atoms with van der Waals surface area (Å²) in [6.07, 6.45) is 7.85. The zero-order chi connectivity index (χ0) is 12.6. The fraction of sp³-hybridized carbons (Fsp3) is 0.462. The Balaban J connectivity index is 0.000000188. The lowest BCUT2D eigenvalue weighted by Gasteiger charge is -2.20. The van der Waals surface area contributed by atoms with Gasteiger partial charge in [-0.1, -0.05) is 41.9 Å². The van der Waals surface area contributed by atoms with Gasteiger partial charge in [-0.15, -0.1) is 0 Å². The van der Waals surface area contributed by atoms with Gasteiger partial charge in [-0.2, -0.15) is 0 Å². The third kappa shape index (κ3) is 2.29. The molecule has 3 aliphatic rings. The fourth-order valence-electron chi connectivity index (χ4n) is 3.06. The Labute approximate surface area is 111 Å². The highest BCUT2D eigenvalue weighted by Gasteiger charge is 2.49. The van der Waals surface area contributed by atoms with Gasteiger partial charge in [0.05, 0.1) is 0 Å². The zero-order valence-electron chi connectivity index (χ0n) is 9.27. The van der Waals surface area contributed by atoms with Gasteiger partial charge in [-0.3, -0.25) is 0 Å². The van der Waals surface area contributed by atoms with Gasteiger partial charge in [-0.05, 0) is 30.6 Å². The van der Waals surface area contributed by atoms with E-state index in [1.165, 1.54) is 6.42 Å². The van der Waals surface area contributed by atoms with Crippen LogP contribution in [0.4, 0.5) is 0 Å². The van der Waals surface area contributed by atoms with Crippen molar-refractivity contribution in [3.8, 4) is 0 Å². The number of carboxylic acids is 1. The molecular weight excluding hydrogens is 259 g/mol. The van der Waals surface area contributed by atoms with E-state index in [2.05, 4.69) is 18.7 Å². The monoisotopic (exact) mass is 272 g/mol. The van der Waals surface area contributed by atoms with Crippen LogP contribution in [0.1, 0.15) is 12.8 Å². The Hall–Kier alpha value is -0.730. The van der Waals surface area contributed by atoms with Crippen LogP contribution < -0.4 is 0 Å². The van der Waals surface area contributed by atoms with Crippen molar-refractivity contribution in [2.45, 2.75) is 12.8 Å². The fourth-order valence-corrected chi connectivity index (χ4v) is 3.77. The lowest BCUT2D eigenvalue weighted by atomic mass is 9.86. The maximum Gasteiger partial charge on any atom is 0.327 e. The predicted molar refractivity (Wildman–Crippen MR) is 68.9 cm³/mol. The summed E-state index contributed by atoms with van der Waals surface area (Å²) in [6, 6.07) is 0. The third-order valence-electron chi connectivity index (χ3n) is 3.76. The van der Waals surface area contributed by atoms with E-state index in [9.17, 15) is 4.79 Å². The number of hydrogen-bond donors (Lipinski definition) is 1. The summed E-state index contributed by atoms with van der Waals surface area (Å²) in [7, 11) is 0. The molecule has 4 unspecified atom stereocenters. The maximum atomic E-state index is 9.25. The molecule has 0 radical (unpaired) electrons. The van der Waals surface area contributed by atoms with E-state index < -0.39 is 5.97 Å². The van der Waals surface area contributed by atoms with Crippen molar-refractivity contribution in [3.63, 3.8) is 0 Å². The lowest BCUT2D eigenvalue weighted by Crippen LogP contribution is -2.14. The summed E-state index contributed by atoms with van der Waals surface area (Å²) in [5, 5.41) is 9.48. The van der Waals surface area contributed by atoms with Crippen molar-refractivity contribution < 1.29 is 9.90 Å². The Morgan fingerprint density at radius 1 is 1.41 bits per heavy atom. The molecule has 92 valence electrons. The van der Waals surface area contributed by atoms with Crippen molar-refractivity contribution in [2.75, 3.05) is 0 Å². The second-order valence-electron chi connectivity index (χ2n) is 4.64. The van der Waals surface area contributed by atoms with Gasteiger partial charge >= 0.3 is 5.97 Å². The summed E-state index contributed by atoms with van der Waals surface area (Å²) in [5.74, 6) is 1.80. The molecule has 1 fully saturated rings. The Morgan fingerprint density at radius 3 is 2.53 bits per heavy atom. The maximum absolute atomic E-state index is 9.25. The van der Waals surface area contributed by atoms with Crippen molar-refractivity contribution in [3.05, 3.63) is 34.9 Å². The summed E-state index contributed by atoms with van der Waals surface area (Å²) in [6.45, 7) is 2.96. The minimum absolute atomic E-state index is 0.578. The summed E-state index contributed by atoms with van der Waals surface area (Å²) in [4.78, 5) is 9.25. The molecule has 2 bridgehead atoms. The van der Waals surface area contributed by atoms with Gasteiger partial charge in [0.25, 0.3) is 0 Å². The third-order valence-corrected chi connectivity index (χ3v) is 4.70. The summed E-state index contributed by atoms with van der Waals surface area (Å²) < 4.78 is 0. The molecule has 0 spiro atoms. The number of halogens is 2. The molecule has 2 nitrogen and oxygen atoms in total. The van der Waals surface area contributed by atoms with Crippen LogP contribution in [0.5, 0.6) is 0 Å². The molecule has 4 atom stereocenters. The summed E-state index contributed by atoms with van der Waals surface area (Å²) >= 11 is 12.2. The number of aliphatic carboxylic acids is 1. The van der Waals surface area contributed by atoms with Gasteiger partial charge in [0.1, 0.15) is 0 Å². The van der Waals surface area contributed by atoms with Gasteiger partial charge in [0.15, 0.2) is 0 Å². The highest BCUT2D eigenvalue weighted by atomic mass is 35.5. The zero-order valence-corrected chi connectivity index (χ0v) is 10.8. The average molecular weight is 273 g/mol. The Kier molecular flexibility index (Phi) is 3.64. The molecule has 1 saturated carbocycles. The van der Waals surface area contributed by atoms with E-state index >= 15 is 0 Å². The first kappa shape index (κ1) is 12.7. The van der Waals surface area contributed by atoms with E-state index in [4.69, 9.17) is 28.3 Å². The minimum Gasteiger partial charge on any atom is -0.478 e. The number of hydrogen-bond acceptors (Lipinski definition) is 1. The van der Waals surface area contributed by atoms with E-state index in [0.717, 1.165) is 34.4 Å². The topological polar surface area (TPSA) is 37.3 Å². The first-order valence-electron chi connectivity index (χ1n) is 5.62. The molecule has 4 heteroatoms. The Bertz CT molecular complexity index is 412. The standard InChI is InChI=1S/C10H10Cl2.C3H4O2/c11-8-4-7-5-1-2-6(3-5)9(7)10(8)12;1-2-3(4)5/h1-2,5-7,9H,3-4H2;2H,1H2,(H,4,5). The lowest BCUT2D eigenvalue weighted by molar-refractivity contribution is -0.131. The Morgan fingerprint density at radius 2 is 2.00 bits per heavy atom. The molecular formula is C13H14Cl2O2. The van der Waals surface area contributed by atoms with Crippen molar-refractivity contribution in [1.29, 1.82) is 0 Å². The van der Waals surface area contributed by atoms with E-state index in [0.29, 0.717) is 11.8 Å². The molecule has 0 aromatic heterocycles. The van der Waals surface area contributed by atoms with Crippen LogP contribution in [-0.2, 0) is 4.79 Å². The molecule has 0 aliphatic heterocycles. The van der Waals surface area contributed by atoms with Crippen LogP contribution in [0.15, 0.2) is 34.9 Å². The highest BCUT2D eigenvalue weighted by molar-refractivity contribution is 6.39. The summed E-state index contributed by atoms with van der Waals surface area (Å²) in [5.41, 5.74) is 0. The largest absolute Gasteiger partial charge is 0.478 e. The van der Waals surface area contributed by atoms with Gasteiger partial charge < -0.3 is 5.11 Å². The molecule has 3 rings (SSSR count). The SMILES string of the molecule is C=CC(=O)O.ClC1=C(Cl)C2C3C=CC(C3)C2C1. The van der Waals surface area contributed by atoms with Crippen molar-refractivity contribution in [2.24, 2.45) is 23.7 Å². The van der Waals surface area contributed by atoms with Gasteiger partial charge in [0, 0.05) is 22.1 Å². The van der Waals surface area contributed by atoms with Crippen LogP contribution in [0.3, 0.4) is 0 Å². The van der Waals surface area contributed by atoms with E-state index in [1.54, 1.807) is 0 Å². The second kappa shape index (κ2) is 4.87. The number of carboxylic acid groups (broad SMARTS) is 1. The molecule has 17 heavy (non-hydrogen) atoms. The predicted octanol–water partition coefficient (Wildman–Crippen LogP) is 3.77. The minimum atomic E-state index is -0.981. The molecule has 0 heterocycles. The highest BCUT2D eigenvalue weighted by Crippen LogP contribution is 2.58. The molecule has 0 aromatic carbocycles. The number of rotatable bonds is 1. The first-order valence-corrected chi connectivity index (χ1v) is 6.38. The smallest absolute Gasteiger partial charge is 0.327 e. The van der Waals surface area contributed by atoms with Crippen LogP contribution >= 0.6 is 23.2 Å². The van der Waals surface area contributed by atoms with Gasteiger partial charge in [-0.25, -0.2) is 4.79 Å². The average Bonchev–Trinajstić information content (AvgIpc) is 2.95. The van der Waals surface area contributed by atoms with Crippen LogP contribution in [0.25, 0.3) is 0 Å². The van der Waals surface area contributed by atoms with E-state index in [-0.39, 0.29) is 0 Å². The molecule has 0 aromatic rings. The molecule has 0 saturated heterocycles. The number of carbonyl (C=O) groups is 1. The second-order valence-corrected chi connectivity index (χ2v) is 5.50. The van der Waals surface area contributed by atoms with Gasteiger partial charge in [0.2, 0.25) is 0 Å². The molecule has 1 N–H and O–H groups in total. The molecule has 0 amide bonds. The van der Waals surface area contributed by atoms with E-state index in [1.807, 2.05) is 0 Å². The molecule has 3 aliphatic carbocycles. The number of allylic oxidation sites excluding steroid dienone is 4. The van der Waals surface area contributed by atoms with Crippen LogP contribution in [0.2, 0.25) is 0 Å². The van der Waals surface area contributed by atoms with Crippen molar-refractivity contribution in [1.82, 2.24) is 0 Å². The normalized spacial score (nSPS) is 36.6. The quantitative estimate of drug-likeness (QED) is 0.583. The first-order chi connectivity index (χ1) is 8.04. The number of fused-ring (bicyclic) bond motifs is 5.